The van der Waals surface area contributed by atoms with Gasteiger partial charge in [0.05, 0.1) is 5.45 Å². The largest absolute Gasteiger partial charge is 0.342 e. The second-order valence-corrected chi connectivity index (χ2v) is 10.1. The predicted molar refractivity (Wildman–Crippen MR) is 67.2 cm³/mol. The Balaban J connectivity index is 2.21. The molecule has 1 fully saturated rings. The van der Waals surface area contributed by atoms with Crippen molar-refractivity contribution < 1.29 is 0 Å². The van der Waals surface area contributed by atoms with Gasteiger partial charge in [0.25, 0.3) is 0 Å². The van der Waals surface area contributed by atoms with Gasteiger partial charge in [-0.15, -0.1) is 0 Å². The van der Waals surface area contributed by atoms with E-state index >= 15 is 0 Å². The summed E-state index contributed by atoms with van der Waals surface area (Å²) in [5, 5.41) is 0. The molecule has 0 bridgehead atoms. The molecule has 84 valence electrons. The molecule has 15 heavy (non-hydrogen) atoms. The van der Waals surface area contributed by atoms with Gasteiger partial charge >= 0.3 is 0 Å². The molecule has 2 rings (SSSR count). The van der Waals surface area contributed by atoms with Crippen molar-refractivity contribution in [2.24, 2.45) is 7.05 Å². The first-order chi connectivity index (χ1) is 7.12. The molecule has 0 radical (unpaired) electrons. The average Bonchev–Trinajstić information content (AvgIpc) is 2.66. The molecule has 1 heterocycles. The van der Waals surface area contributed by atoms with Crippen LogP contribution in [-0.2, 0) is 7.05 Å². The van der Waals surface area contributed by atoms with Crippen LogP contribution in [0.15, 0.2) is 12.4 Å². The first-order valence-electron chi connectivity index (χ1n) is 6.10. The van der Waals surface area contributed by atoms with Crippen molar-refractivity contribution in [3.8, 4) is 0 Å². The average molecular weight is 222 g/mol. The minimum Gasteiger partial charge on any atom is -0.342 e. The molecule has 0 N–H and O–H groups in total. The molecule has 1 aliphatic carbocycles. The smallest absolute Gasteiger partial charge is 0.129 e. The van der Waals surface area contributed by atoms with Gasteiger partial charge in [0.15, 0.2) is 0 Å². The number of nitrogens with zero attached hydrogens (tertiary/aromatic N) is 2. The topological polar surface area (TPSA) is 17.8 Å². The molecule has 0 atom stereocenters. The zero-order valence-electron chi connectivity index (χ0n) is 10.2. The quantitative estimate of drug-likeness (QED) is 0.704. The SMILES string of the molecule is Cn1ccnc1[Si](C)(C)C1CCCCC1. The lowest BCUT2D eigenvalue weighted by molar-refractivity contribution is 0.493. The Morgan fingerprint density at radius 3 is 2.47 bits per heavy atom. The maximum Gasteiger partial charge on any atom is 0.129 e. The zero-order valence-corrected chi connectivity index (χ0v) is 11.2. The number of hydrogen-bond acceptors (Lipinski definition) is 1. The summed E-state index contributed by atoms with van der Waals surface area (Å²) in [6, 6.07) is 0. The van der Waals surface area contributed by atoms with Crippen molar-refractivity contribution in [3.63, 3.8) is 0 Å². The number of aromatic nitrogens is 2. The minimum atomic E-state index is -1.32. The maximum atomic E-state index is 4.59. The van der Waals surface area contributed by atoms with Crippen molar-refractivity contribution in [2.75, 3.05) is 0 Å². The lowest BCUT2D eigenvalue weighted by Gasteiger charge is -2.34. The van der Waals surface area contributed by atoms with Gasteiger partial charge in [0.2, 0.25) is 0 Å². The summed E-state index contributed by atoms with van der Waals surface area (Å²) < 4.78 is 2.24. The molecule has 0 spiro atoms. The Hall–Kier alpha value is -0.573. The Morgan fingerprint density at radius 1 is 1.27 bits per heavy atom. The monoisotopic (exact) mass is 222 g/mol. The minimum absolute atomic E-state index is 0.951. The highest BCUT2D eigenvalue weighted by Crippen LogP contribution is 2.36. The Bertz CT molecular complexity index is 324. The van der Waals surface area contributed by atoms with E-state index in [0.29, 0.717) is 0 Å². The van der Waals surface area contributed by atoms with Crippen LogP contribution in [0.1, 0.15) is 32.1 Å². The molecule has 0 saturated heterocycles. The van der Waals surface area contributed by atoms with E-state index in [1.807, 2.05) is 6.20 Å². The highest BCUT2D eigenvalue weighted by molar-refractivity contribution is 6.89. The van der Waals surface area contributed by atoms with E-state index in [4.69, 9.17) is 0 Å². The first kappa shape index (κ1) is 10.9. The van der Waals surface area contributed by atoms with Gasteiger partial charge in [-0.3, -0.25) is 0 Å². The molecule has 1 aliphatic rings. The van der Waals surface area contributed by atoms with Crippen LogP contribution in [-0.4, -0.2) is 17.6 Å². The van der Waals surface area contributed by atoms with Gasteiger partial charge < -0.3 is 4.57 Å². The van der Waals surface area contributed by atoms with Crippen molar-refractivity contribution in [1.29, 1.82) is 0 Å². The number of hydrogen-bond donors (Lipinski definition) is 0. The molecule has 0 aliphatic heterocycles. The molecule has 0 amide bonds. The van der Waals surface area contributed by atoms with Crippen LogP contribution in [0.2, 0.25) is 18.6 Å². The predicted octanol–water partition coefficient (Wildman–Crippen LogP) is 2.67. The summed E-state index contributed by atoms with van der Waals surface area (Å²) in [5.74, 6) is 0. The van der Waals surface area contributed by atoms with Gasteiger partial charge in [0.1, 0.15) is 8.07 Å². The van der Waals surface area contributed by atoms with Gasteiger partial charge in [-0.2, -0.15) is 0 Å². The molecule has 0 aromatic carbocycles. The lowest BCUT2D eigenvalue weighted by Crippen LogP contribution is -2.51. The fourth-order valence-electron chi connectivity index (χ4n) is 2.99. The van der Waals surface area contributed by atoms with Crippen molar-refractivity contribution in [1.82, 2.24) is 9.55 Å². The molecule has 2 nitrogen and oxygen atoms in total. The number of imidazole rings is 1. The van der Waals surface area contributed by atoms with Crippen molar-refractivity contribution in [3.05, 3.63) is 12.4 Å². The van der Waals surface area contributed by atoms with Crippen LogP contribution >= 0.6 is 0 Å². The molecule has 1 saturated carbocycles. The third-order valence-corrected chi connectivity index (χ3v) is 8.28. The van der Waals surface area contributed by atoms with E-state index < -0.39 is 8.07 Å². The summed E-state index contributed by atoms with van der Waals surface area (Å²) in [6.07, 6.45) is 11.2. The zero-order chi connectivity index (χ0) is 10.9. The van der Waals surface area contributed by atoms with Gasteiger partial charge in [-0.1, -0.05) is 45.2 Å². The van der Waals surface area contributed by atoms with E-state index in [0.717, 1.165) is 5.54 Å². The highest BCUT2D eigenvalue weighted by Gasteiger charge is 2.37. The van der Waals surface area contributed by atoms with Crippen LogP contribution in [0.5, 0.6) is 0 Å². The summed E-state index contributed by atoms with van der Waals surface area (Å²) in [7, 11) is 0.820. The molecular formula is C12H22N2Si. The van der Waals surface area contributed by atoms with Crippen LogP contribution in [0.4, 0.5) is 0 Å². The molecule has 0 unspecified atom stereocenters. The Kier molecular flexibility index (Phi) is 3.00. The fourth-order valence-corrected chi connectivity index (χ4v) is 6.60. The van der Waals surface area contributed by atoms with Gasteiger partial charge in [-0.25, -0.2) is 4.98 Å². The highest BCUT2D eigenvalue weighted by atomic mass is 28.3. The standard InChI is InChI=1S/C12H22N2Si/c1-14-10-9-13-12(14)15(2,3)11-7-5-4-6-8-11/h9-11H,4-8H2,1-3H3. The fraction of sp³-hybridized carbons (Fsp3) is 0.750. The van der Waals surface area contributed by atoms with E-state index in [1.54, 1.807) is 0 Å². The second kappa shape index (κ2) is 4.12. The number of aryl methyl sites for hydroxylation is 1. The Morgan fingerprint density at radius 2 is 1.93 bits per heavy atom. The van der Waals surface area contributed by atoms with E-state index in [2.05, 4.69) is 35.9 Å². The molecular weight excluding hydrogens is 200 g/mol. The van der Waals surface area contributed by atoms with Gasteiger partial charge in [0, 0.05) is 19.4 Å². The second-order valence-electron chi connectivity index (χ2n) is 5.42. The number of rotatable bonds is 2. The van der Waals surface area contributed by atoms with Crippen LogP contribution in [0.25, 0.3) is 0 Å². The lowest BCUT2D eigenvalue weighted by atomic mass is 10.0. The molecule has 1 aromatic rings. The Labute approximate surface area is 93.7 Å². The van der Waals surface area contributed by atoms with E-state index in [-0.39, 0.29) is 0 Å². The van der Waals surface area contributed by atoms with E-state index in [1.165, 1.54) is 37.6 Å². The third-order valence-electron chi connectivity index (χ3n) is 4.02. The summed E-state index contributed by atoms with van der Waals surface area (Å²) >= 11 is 0. The summed E-state index contributed by atoms with van der Waals surface area (Å²) in [5.41, 5.74) is 2.33. The summed E-state index contributed by atoms with van der Waals surface area (Å²) in [6.45, 7) is 4.98. The van der Waals surface area contributed by atoms with E-state index in [9.17, 15) is 0 Å². The third kappa shape index (κ3) is 2.02. The van der Waals surface area contributed by atoms with Crippen LogP contribution in [0.3, 0.4) is 0 Å². The van der Waals surface area contributed by atoms with Crippen molar-refractivity contribution in [2.45, 2.75) is 50.7 Å². The maximum absolute atomic E-state index is 4.59. The van der Waals surface area contributed by atoms with Gasteiger partial charge in [-0.05, 0) is 5.54 Å². The molecule has 3 heteroatoms. The van der Waals surface area contributed by atoms with Crippen LogP contribution < -0.4 is 5.45 Å². The first-order valence-corrected chi connectivity index (χ1v) is 9.18. The van der Waals surface area contributed by atoms with Crippen LogP contribution in [0, 0.1) is 0 Å². The molecule has 1 aromatic heterocycles. The van der Waals surface area contributed by atoms with Crippen molar-refractivity contribution >= 4 is 13.5 Å². The normalized spacial score (nSPS) is 19.4. The summed E-state index contributed by atoms with van der Waals surface area (Å²) in [4.78, 5) is 4.59.